The van der Waals surface area contributed by atoms with Gasteiger partial charge in [-0.1, -0.05) is 36.4 Å². The Morgan fingerprint density at radius 2 is 2.07 bits per heavy atom. The Morgan fingerprint density at radius 3 is 2.76 bits per heavy atom. The van der Waals surface area contributed by atoms with Crippen molar-refractivity contribution in [1.29, 1.82) is 0 Å². The molecule has 1 saturated heterocycles. The molecule has 1 aliphatic heterocycles. The lowest BCUT2D eigenvalue weighted by atomic mass is 9.58. The van der Waals surface area contributed by atoms with Crippen molar-refractivity contribution in [3.8, 4) is 5.75 Å². The molecule has 2 bridgehead atoms. The zero-order valence-corrected chi connectivity index (χ0v) is 19.9. The summed E-state index contributed by atoms with van der Waals surface area (Å²) < 4.78 is 17.3. The number of halogens is 1. The number of alkyl halides is 1. The van der Waals surface area contributed by atoms with Gasteiger partial charge >= 0.3 is 0 Å². The van der Waals surface area contributed by atoms with Crippen LogP contribution in [0.5, 0.6) is 5.75 Å². The summed E-state index contributed by atoms with van der Waals surface area (Å²) in [5, 5.41) is 0. The van der Waals surface area contributed by atoms with Crippen LogP contribution in [0, 0.1) is 11.8 Å². The fraction of sp³-hybridized carbons (Fsp3) is 0.696. The lowest BCUT2D eigenvalue weighted by Crippen LogP contribution is -2.61. The number of carbonyl (C=O) groups excluding carboxylic acids is 1. The number of nitrogens with zero attached hydrogens (tertiary/aromatic N) is 1. The van der Waals surface area contributed by atoms with Gasteiger partial charge in [0, 0.05) is 29.2 Å². The summed E-state index contributed by atoms with van der Waals surface area (Å²) in [7, 11) is 1.66. The number of carbonyl (C=O) groups is 1. The molecule has 29 heavy (non-hydrogen) atoms. The zero-order valence-electron chi connectivity index (χ0n) is 17.7. The molecule has 0 radical (unpaired) electrons. The van der Waals surface area contributed by atoms with E-state index in [4.69, 9.17) is 14.2 Å². The van der Waals surface area contributed by atoms with E-state index in [9.17, 15) is 4.79 Å². The minimum absolute atomic E-state index is 0.00673. The zero-order chi connectivity index (χ0) is 20.6. The Hall–Kier alpha value is -0.700. The predicted molar refractivity (Wildman–Crippen MR) is 121 cm³/mol. The van der Waals surface area contributed by atoms with E-state index in [-0.39, 0.29) is 18.2 Å². The van der Waals surface area contributed by atoms with Gasteiger partial charge in [0.05, 0.1) is 19.3 Å². The molecule has 0 unspecified atom stereocenters. The number of benzene rings is 1. The molecule has 1 heterocycles. The van der Waals surface area contributed by atoms with Gasteiger partial charge in [0.1, 0.15) is 5.75 Å². The number of fused-ring (bicyclic) bond motifs is 4. The average Bonchev–Trinajstić information content (AvgIpc) is 3.53. The quantitative estimate of drug-likeness (QED) is 0.215. The van der Waals surface area contributed by atoms with Gasteiger partial charge in [0.15, 0.2) is 12.6 Å². The van der Waals surface area contributed by atoms with E-state index in [2.05, 4.69) is 53.5 Å². The number of hydrogen-bond donors (Lipinski definition) is 0. The van der Waals surface area contributed by atoms with E-state index in [0.29, 0.717) is 24.9 Å². The first-order valence-corrected chi connectivity index (χ1v) is 12.2. The third kappa shape index (κ3) is 4.10. The van der Waals surface area contributed by atoms with Crippen molar-refractivity contribution >= 4 is 28.4 Å². The summed E-state index contributed by atoms with van der Waals surface area (Å²) in [6.07, 6.45) is 3.74. The number of ketones is 1. The maximum Gasteiger partial charge on any atom is 0.189 e. The summed E-state index contributed by atoms with van der Waals surface area (Å²) in [6.45, 7) is 7.97. The first kappa shape index (κ1) is 21.5. The van der Waals surface area contributed by atoms with Crippen molar-refractivity contribution < 1.29 is 19.0 Å². The summed E-state index contributed by atoms with van der Waals surface area (Å²) in [5.74, 6) is 2.26. The third-order valence-corrected chi connectivity index (χ3v) is 8.03. The Morgan fingerprint density at radius 1 is 1.28 bits per heavy atom. The monoisotopic (exact) mass is 513 g/mol. The van der Waals surface area contributed by atoms with E-state index in [1.807, 2.05) is 0 Å². The normalized spacial score (nSPS) is 29.0. The molecule has 0 spiro atoms. The molecule has 3 atom stereocenters. The highest BCUT2D eigenvalue weighted by Gasteiger charge is 2.53. The standard InChI is InChI=1S/C23H32INO4/c1-15-21-22(26)18-10-17(12-24)20(29-14-28-9-8-27-3)11-19(18)23(15,2)6-7-25(21)13-16-4-5-16/h10-11,15-16,21H,4-9,12-14H2,1-3H3/t15-,21-,23-/m0/s1. The second kappa shape index (κ2) is 8.81. The second-order valence-electron chi connectivity index (χ2n) is 9.01. The van der Waals surface area contributed by atoms with Crippen LogP contribution in [-0.4, -0.2) is 56.9 Å². The maximum absolute atomic E-state index is 13.6. The fourth-order valence-corrected chi connectivity index (χ4v) is 5.62. The molecule has 0 aromatic heterocycles. The molecule has 6 heteroatoms. The number of methoxy groups -OCH3 is 1. The molecular weight excluding hydrogens is 481 g/mol. The van der Waals surface area contributed by atoms with Crippen LogP contribution in [-0.2, 0) is 19.3 Å². The molecule has 3 aliphatic rings. The van der Waals surface area contributed by atoms with Gasteiger partial charge in [-0.3, -0.25) is 9.69 Å². The van der Waals surface area contributed by atoms with Gasteiger partial charge < -0.3 is 14.2 Å². The minimum atomic E-state index is 0.00673. The van der Waals surface area contributed by atoms with E-state index in [1.54, 1.807) is 7.11 Å². The molecule has 0 amide bonds. The number of Topliss-reactive ketones (excluding diaryl/α,β-unsaturated/α-hetero) is 1. The lowest BCUT2D eigenvalue weighted by Gasteiger charge is -2.53. The number of likely N-dealkylation sites (tertiary alicyclic amines) is 1. The Kier molecular flexibility index (Phi) is 6.54. The van der Waals surface area contributed by atoms with Crippen molar-refractivity contribution in [1.82, 2.24) is 4.90 Å². The van der Waals surface area contributed by atoms with Gasteiger partial charge in [-0.2, -0.15) is 0 Å². The average molecular weight is 513 g/mol. The van der Waals surface area contributed by atoms with Crippen molar-refractivity contribution in [3.63, 3.8) is 0 Å². The third-order valence-electron chi connectivity index (χ3n) is 7.20. The van der Waals surface area contributed by atoms with Gasteiger partial charge in [-0.05, 0) is 60.8 Å². The van der Waals surface area contributed by atoms with Crippen molar-refractivity contribution in [2.45, 2.75) is 49.0 Å². The van der Waals surface area contributed by atoms with E-state index in [1.165, 1.54) is 12.8 Å². The van der Waals surface area contributed by atoms with Crippen molar-refractivity contribution in [2.24, 2.45) is 11.8 Å². The van der Waals surface area contributed by atoms with Crippen LogP contribution in [0.1, 0.15) is 54.6 Å². The van der Waals surface area contributed by atoms with E-state index < -0.39 is 0 Å². The highest BCUT2D eigenvalue weighted by atomic mass is 127. The highest BCUT2D eigenvalue weighted by molar-refractivity contribution is 14.1. The largest absolute Gasteiger partial charge is 0.467 e. The van der Waals surface area contributed by atoms with Gasteiger partial charge in [0.25, 0.3) is 0 Å². The molecule has 5 nitrogen and oxygen atoms in total. The summed E-state index contributed by atoms with van der Waals surface area (Å²) >= 11 is 2.34. The fourth-order valence-electron chi connectivity index (χ4n) is 5.02. The van der Waals surface area contributed by atoms with Crippen LogP contribution in [0.2, 0.25) is 0 Å². The van der Waals surface area contributed by atoms with Crippen molar-refractivity contribution in [3.05, 3.63) is 28.8 Å². The summed E-state index contributed by atoms with van der Waals surface area (Å²) in [4.78, 5) is 16.1. The van der Waals surface area contributed by atoms with Crippen LogP contribution in [0.25, 0.3) is 0 Å². The molecule has 1 aromatic rings. The number of hydrogen-bond acceptors (Lipinski definition) is 5. The molecule has 160 valence electrons. The molecular formula is C23H32INO4. The minimum Gasteiger partial charge on any atom is -0.467 e. The lowest BCUT2D eigenvalue weighted by molar-refractivity contribution is -0.00906. The first-order valence-electron chi connectivity index (χ1n) is 10.7. The topological polar surface area (TPSA) is 48.0 Å². The summed E-state index contributed by atoms with van der Waals surface area (Å²) in [5.41, 5.74) is 3.15. The smallest absolute Gasteiger partial charge is 0.189 e. The maximum atomic E-state index is 13.6. The van der Waals surface area contributed by atoms with Gasteiger partial charge in [-0.15, -0.1) is 0 Å². The van der Waals surface area contributed by atoms with Gasteiger partial charge in [0.2, 0.25) is 0 Å². The Bertz CT molecular complexity index is 765. The van der Waals surface area contributed by atoms with E-state index in [0.717, 1.165) is 52.3 Å². The van der Waals surface area contributed by atoms with Crippen LogP contribution in [0.3, 0.4) is 0 Å². The molecule has 4 rings (SSSR count). The number of ether oxygens (including phenoxy) is 3. The van der Waals surface area contributed by atoms with Crippen LogP contribution in [0.4, 0.5) is 0 Å². The Labute approximate surface area is 187 Å². The van der Waals surface area contributed by atoms with Crippen LogP contribution >= 0.6 is 22.6 Å². The SMILES string of the molecule is COCCOCOc1cc2c(cc1CI)C(=O)[C@@H]1[C@H](C)[C@]2(C)CCN1CC1CC1. The second-order valence-corrected chi connectivity index (χ2v) is 9.77. The number of rotatable bonds is 9. The molecule has 2 aliphatic carbocycles. The molecule has 2 fully saturated rings. The number of piperidine rings is 1. The molecule has 1 saturated carbocycles. The summed E-state index contributed by atoms with van der Waals surface area (Å²) in [6, 6.07) is 4.24. The predicted octanol–water partition coefficient (Wildman–Crippen LogP) is 4.20. The molecule has 1 aromatic carbocycles. The van der Waals surface area contributed by atoms with Gasteiger partial charge in [-0.25, -0.2) is 0 Å². The van der Waals surface area contributed by atoms with Crippen LogP contribution < -0.4 is 4.74 Å². The van der Waals surface area contributed by atoms with Crippen molar-refractivity contribution in [2.75, 3.05) is 40.2 Å². The molecule has 0 N–H and O–H groups in total. The van der Waals surface area contributed by atoms with Crippen LogP contribution in [0.15, 0.2) is 12.1 Å². The Balaban J connectivity index is 1.62. The highest BCUT2D eigenvalue weighted by Crippen LogP contribution is 2.50. The van der Waals surface area contributed by atoms with E-state index >= 15 is 0 Å². The first-order chi connectivity index (χ1) is 14.0.